The number of esters is 3. The van der Waals surface area contributed by atoms with E-state index in [1.165, 1.54) is 33.1 Å². The van der Waals surface area contributed by atoms with Gasteiger partial charge < -0.3 is 73.6 Å². The van der Waals surface area contributed by atoms with Gasteiger partial charge in [-0.2, -0.15) is 0 Å². The minimum absolute atomic E-state index is 0.0372. The Hall–Kier alpha value is -3.89. The molecular formula is C52H74Cl2O18. The molecule has 0 radical (unpaired) electrons. The number of methoxy groups -OCH3 is 1. The standard InChI is InChI=1S/C52H74Cl2O18/c1-13-30-22-26(6)33(56)18-16-15-17-31(23-66-51-45(65-12)42(61)44(29(9)67-51)69-49(64)35-32(14-2)36(53)39(58)37(54)38(35)57)48(63)68-34(28(8)55)20-19-25(5)21-27(7)43(30)70-50-41(60)40(59)46(52(10,11)72-50)71-47(62)24(3)4/h15-17,19,21-22,24,28-30,33-34,40-46,50-51,55-61H,13-14,18,20,23H2,1-12H3/b16-15+,25-19+,26-22+,27-21+,31-17+/t28-,29+,30+,33+,34+,40-,41+,42-,43+,44+,45-,46+,50-,51+/m1/s1. The summed E-state index contributed by atoms with van der Waals surface area (Å²) in [5, 5.41) is 76.5. The Morgan fingerprint density at radius 2 is 1.57 bits per heavy atom. The Balaban J connectivity index is 1.61. The Morgan fingerprint density at radius 1 is 0.903 bits per heavy atom. The molecule has 4 rings (SSSR count). The Kier molecular flexibility index (Phi) is 22.4. The highest BCUT2D eigenvalue weighted by Crippen LogP contribution is 2.45. The van der Waals surface area contributed by atoms with Gasteiger partial charge in [0.15, 0.2) is 36.3 Å². The average Bonchev–Trinajstić information content (AvgIpc) is 3.32. The molecule has 0 aromatic heterocycles. The van der Waals surface area contributed by atoms with Crippen molar-refractivity contribution in [2.75, 3.05) is 13.7 Å². The van der Waals surface area contributed by atoms with Crippen LogP contribution in [-0.4, -0.2) is 153 Å². The maximum atomic E-state index is 13.9. The number of allylic oxidation sites excluding steroid dienone is 4. The van der Waals surface area contributed by atoms with Crippen LogP contribution in [0.1, 0.15) is 111 Å². The fourth-order valence-corrected chi connectivity index (χ4v) is 9.16. The van der Waals surface area contributed by atoms with Gasteiger partial charge in [-0.15, -0.1) is 0 Å². The van der Waals surface area contributed by atoms with Crippen LogP contribution in [0.4, 0.5) is 0 Å². The zero-order chi connectivity index (χ0) is 54.1. The van der Waals surface area contributed by atoms with Crippen molar-refractivity contribution in [2.24, 2.45) is 11.8 Å². The molecule has 0 bridgehead atoms. The number of hydrogen-bond acceptors (Lipinski definition) is 18. The van der Waals surface area contributed by atoms with E-state index in [1.807, 2.05) is 32.9 Å². The van der Waals surface area contributed by atoms with Gasteiger partial charge in [0.2, 0.25) is 0 Å². The van der Waals surface area contributed by atoms with Crippen molar-refractivity contribution in [1.82, 2.24) is 0 Å². The fourth-order valence-electron chi connectivity index (χ4n) is 8.60. The zero-order valence-electron chi connectivity index (χ0n) is 43.0. The predicted octanol–water partition coefficient (Wildman–Crippen LogP) is 6.23. The summed E-state index contributed by atoms with van der Waals surface area (Å²) in [5.41, 5.74) is 0.318. The van der Waals surface area contributed by atoms with Crippen molar-refractivity contribution >= 4 is 41.1 Å². The highest BCUT2D eigenvalue weighted by molar-refractivity contribution is 6.39. The van der Waals surface area contributed by atoms with Crippen LogP contribution < -0.4 is 0 Å². The summed E-state index contributed by atoms with van der Waals surface area (Å²) in [7, 11) is 1.26. The molecule has 3 aliphatic heterocycles. The third-order valence-corrected chi connectivity index (χ3v) is 13.8. The second-order valence-corrected chi connectivity index (χ2v) is 20.1. The number of rotatable bonds is 13. The number of ether oxygens (including phenoxy) is 8. The van der Waals surface area contributed by atoms with Crippen LogP contribution in [-0.2, 0) is 53.9 Å². The lowest BCUT2D eigenvalue weighted by molar-refractivity contribution is -0.333. The van der Waals surface area contributed by atoms with Gasteiger partial charge in [0, 0.05) is 19.4 Å². The first kappa shape index (κ1) is 60.7. The van der Waals surface area contributed by atoms with E-state index in [-0.39, 0.29) is 35.4 Å². The van der Waals surface area contributed by atoms with E-state index in [0.29, 0.717) is 23.1 Å². The normalized spacial score (nSPS) is 34.8. The van der Waals surface area contributed by atoms with E-state index in [1.54, 1.807) is 53.7 Å². The topological polar surface area (TPSA) is 267 Å². The molecule has 0 unspecified atom stereocenters. The van der Waals surface area contributed by atoms with E-state index >= 15 is 0 Å². The molecule has 3 heterocycles. The summed E-state index contributed by atoms with van der Waals surface area (Å²) in [4.78, 5) is 40.0. The molecule has 72 heavy (non-hydrogen) atoms. The summed E-state index contributed by atoms with van der Waals surface area (Å²) in [5.74, 6) is -4.78. The number of carbonyl (C=O) groups is 3. The number of phenols is 2. The first-order chi connectivity index (χ1) is 33.7. The maximum absolute atomic E-state index is 13.9. The number of aromatic hydroxyl groups is 2. The van der Waals surface area contributed by atoms with E-state index in [0.717, 1.165) is 0 Å². The molecule has 2 fully saturated rings. The monoisotopic (exact) mass is 1060 g/mol. The average molecular weight is 1060 g/mol. The second-order valence-electron chi connectivity index (χ2n) is 19.4. The van der Waals surface area contributed by atoms with Crippen molar-refractivity contribution < 1.29 is 88.0 Å². The quantitative estimate of drug-likeness (QED) is 0.0655. The van der Waals surface area contributed by atoms with Crippen molar-refractivity contribution in [3.63, 3.8) is 0 Å². The SMILES string of the molecule is CCc1c(Cl)c(O)c(Cl)c(O)c1C(=O)O[C@@H]1[C@@H](O)[C@@H](OC)[C@@H](OC/C2=C\C=C\C[C@H](O)/C(C)=C/[C@H](CC)[C@@H](O[C@@H]3OC(C)(C)[C@@H](OC(=O)C(C)C)[C@H](O)[C@@H]3O)/C(C)=C/C(C)=C/C[C@@H]([C@@H](C)O)OC2=O)O[C@H]1C. The number of aliphatic hydroxyl groups is 5. The lowest BCUT2D eigenvalue weighted by Gasteiger charge is -2.47. The predicted molar refractivity (Wildman–Crippen MR) is 265 cm³/mol. The molecule has 7 N–H and O–H groups in total. The number of phenolic OH excluding ortho intramolecular Hbond substituents is 2. The van der Waals surface area contributed by atoms with E-state index in [2.05, 4.69) is 0 Å². The zero-order valence-corrected chi connectivity index (χ0v) is 44.5. The molecule has 20 heteroatoms. The summed E-state index contributed by atoms with van der Waals surface area (Å²) in [6.45, 7) is 18.1. The third-order valence-electron chi connectivity index (χ3n) is 13.0. The lowest BCUT2D eigenvalue weighted by Crippen LogP contribution is -2.64. The summed E-state index contributed by atoms with van der Waals surface area (Å²) in [6, 6.07) is 0. The third kappa shape index (κ3) is 14.7. The number of hydrogen-bond donors (Lipinski definition) is 7. The van der Waals surface area contributed by atoms with Crippen LogP contribution in [0.15, 0.2) is 58.7 Å². The smallest absolute Gasteiger partial charge is 0.342 e. The molecule has 3 aliphatic rings. The van der Waals surface area contributed by atoms with Crippen LogP contribution >= 0.6 is 23.2 Å². The molecule has 14 atom stereocenters. The molecular weight excluding hydrogens is 983 g/mol. The fraction of sp³-hybridized carbons (Fsp3) is 0.635. The van der Waals surface area contributed by atoms with Gasteiger partial charge >= 0.3 is 17.9 Å². The van der Waals surface area contributed by atoms with Crippen molar-refractivity contribution in [3.8, 4) is 11.5 Å². The Labute approximate surface area is 431 Å². The molecule has 0 amide bonds. The minimum Gasteiger partial charge on any atom is -0.505 e. The van der Waals surface area contributed by atoms with Gasteiger partial charge in [-0.3, -0.25) is 4.79 Å². The lowest BCUT2D eigenvalue weighted by atomic mass is 9.88. The van der Waals surface area contributed by atoms with Crippen LogP contribution in [0.25, 0.3) is 0 Å². The molecule has 1 aromatic carbocycles. The molecule has 0 aliphatic carbocycles. The van der Waals surface area contributed by atoms with E-state index < -0.39 is 144 Å². The molecule has 404 valence electrons. The Bertz CT molecular complexity index is 2220. The van der Waals surface area contributed by atoms with Crippen molar-refractivity contribution in [1.29, 1.82) is 0 Å². The summed E-state index contributed by atoms with van der Waals surface area (Å²) >= 11 is 12.3. The van der Waals surface area contributed by atoms with Gasteiger partial charge in [0.05, 0.1) is 47.5 Å². The number of benzene rings is 1. The minimum atomic E-state index is -1.61. The van der Waals surface area contributed by atoms with Gasteiger partial charge in [-0.1, -0.05) is 86.9 Å². The molecule has 0 spiro atoms. The van der Waals surface area contributed by atoms with Gasteiger partial charge in [0.1, 0.15) is 46.7 Å². The number of cyclic esters (lactones) is 1. The second kappa shape index (κ2) is 26.5. The van der Waals surface area contributed by atoms with Gasteiger partial charge in [0.25, 0.3) is 0 Å². The highest BCUT2D eigenvalue weighted by Gasteiger charge is 2.53. The van der Waals surface area contributed by atoms with Crippen LogP contribution in [0, 0.1) is 11.8 Å². The van der Waals surface area contributed by atoms with Gasteiger partial charge in [-0.25, -0.2) is 9.59 Å². The van der Waals surface area contributed by atoms with Crippen molar-refractivity contribution in [2.45, 2.75) is 187 Å². The first-order valence-electron chi connectivity index (χ1n) is 24.2. The highest BCUT2D eigenvalue weighted by atomic mass is 35.5. The van der Waals surface area contributed by atoms with Gasteiger partial charge in [-0.05, 0) is 90.5 Å². The summed E-state index contributed by atoms with van der Waals surface area (Å²) < 4.78 is 47.5. The maximum Gasteiger partial charge on any atom is 0.342 e. The first-order valence-corrected chi connectivity index (χ1v) is 24.9. The van der Waals surface area contributed by atoms with E-state index in [9.17, 15) is 50.1 Å². The van der Waals surface area contributed by atoms with Crippen LogP contribution in [0.3, 0.4) is 0 Å². The van der Waals surface area contributed by atoms with E-state index in [4.69, 9.17) is 61.1 Å². The number of aliphatic hydroxyl groups excluding tert-OH is 5. The molecule has 1 aromatic rings. The van der Waals surface area contributed by atoms with Crippen molar-refractivity contribution in [3.05, 3.63) is 79.9 Å². The summed E-state index contributed by atoms with van der Waals surface area (Å²) in [6.07, 6.45) is -5.45. The molecule has 2 saturated heterocycles. The van der Waals surface area contributed by atoms with Crippen LogP contribution in [0.5, 0.6) is 11.5 Å². The number of carbonyl (C=O) groups excluding carboxylic acids is 3. The number of halogens is 2. The largest absolute Gasteiger partial charge is 0.505 e. The Morgan fingerprint density at radius 3 is 2.17 bits per heavy atom. The molecule has 18 nitrogen and oxygen atoms in total. The molecule has 0 saturated carbocycles. The van der Waals surface area contributed by atoms with Crippen LogP contribution in [0.2, 0.25) is 10.0 Å².